The summed E-state index contributed by atoms with van der Waals surface area (Å²) in [5.41, 5.74) is 1.29. The van der Waals surface area contributed by atoms with Gasteiger partial charge in [-0.25, -0.2) is 4.39 Å². The number of nitrogens with zero attached hydrogens (tertiary/aromatic N) is 1. The lowest BCUT2D eigenvalue weighted by Gasteiger charge is -2.25. The van der Waals surface area contributed by atoms with Crippen LogP contribution < -0.4 is 4.90 Å². The maximum Gasteiger partial charge on any atom is 0.146 e. The number of anilines is 1. The average molecular weight is 253 g/mol. The van der Waals surface area contributed by atoms with Crippen LogP contribution in [0.3, 0.4) is 0 Å². The van der Waals surface area contributed by atoms with Crippen molar-refractivity contribution in [3.8, 4) is 0 Å². The van der Waals surface area contributed by atoms with Crippen LogP contribution in [0.25, 0.3) is 0 Å². The van der Waals surface area contributed by atoms with E-state index in [-0.39, 0.29) is 12.4 Å². The van der Waals surface area contributed by atoms with E-state index in [2.05, 4.69) is 18.7 Å². The van der Waals surface area contributed by atoms with Crippen LogP contribution in [0.4, 0.5) is 10.1 Å². The number of halogens is 1. The number of benzene rings is 1. The van der Waals surface area contributed by atoms with Crippen LogP contribution >= 0.6 is 0 Å². The third kappa shape index (κ3) is 4.30. The van der Waals surface area contributed by atoms with Gasteiger partial charge in [0.1, 0.15) is 5.82 Å². The van der Waals surface area contributed by atoms with Gasteiger partial charge in [0.15, 0.2) is 0 Å². The molecule has 1 rings (SSSR count). The van der Waals surface area contributed by atoms with E-state index in [1.165, 1.54) is 6.07 Å². The lowest BCUT2D eigenvalue weighted by atomic mass is 10.1. The fourth-order valence-electron chi connectivity index (χ4n) is 1.96. The summed E-state index contributed by atoms with van der Waals surface area (Å²) >= 11 is 0. The van der Waals surface area contributed by atoms with E-state index in [0.29, 0.717) is 11.3 Å². The molecule has 0 amide bonds. The van der Waals surface area contributed by atoms with Crippen molar-refractivity contribution in [2.75, 3.05) is 18.0 Å². The van der Waals surface area contributed by atoms with Crippen molar-refractivity contribution < 1.29 is 9.50 Å². The first-order chi connectivity index (χ1) is 8.72. The molecule has 102 valence electrons. The minimum absolute atomic E-state index is 0.110. The van der Waals surface area contributed by atoms with Gasteiger partial charge in [0.05, 0.1) is 12.3 Å². The summed E-state index contributed by atoms with van der Waals surface area (Å²) in [6.07, 6.45) is 4.37. The molecule has 0 saturated carbocycles. The second-order valence-electron chi connectivity index (χ2n) is 4.64. The summed E-state index contributed by atoms with van der Waals surface area (Å²) in [5.74, 6) is -0.228. The molecule has 1 aromatic rings. The van der Waals surface area contributed by atoms with Crippen molar-refractivity contribution in [1.29, 1.82) is 0 Å². The Hall–Kier alpha value is -1.09. The molecule has 18 heavy (non-hydrogen) atoms. The fraction of sp³-hybridized carbons (Fsp3) is 0.600. The van der Waals surface area contributed by atoms with E-state index in [0.717, 1.165) is 38.8 Å². The molecule has 0 aliphatic rings. The first kappa shape index (κ1) is 15.0. The molecule has 0 unspecified atom stereocenters. The Balaban J connectivity index is 2.82. The Labute approximate surface area is 109 Å². The Bertz CT molecular complexity index is 346. The molecule has 0 radical (unpaired) electrons. The van der Waals surface area contributed by atoms with Crippen LogP contribution in [-0.2, 0) is 6.61 Å². The van der Waals surface area contributed by atoms with E-state index < -0.39 is 0 Å². The van der Waals surface area contributed by atoms with E-state index in [1.807, 2.05) is 0 Å². The van der Waals surface area contributed by atoms with Gasteiger partial charge in [-0.2, -0.15) is 0 Å². The van der Waals surface area contributed by atoms with Gasteiger partial charge in [0.25, 0.3) is 0 Å². The minimum Gasteiger partial charge on any atom is -0.392 e. The molecule has 1 N–H and O–H groups in total. The molecule has 0 heterocycles. The molecule has 0 saturated heterocycles. The van der Waals surface area contributed by atoms with E-state index >= 15 is 0 Å². The fourth-order valence-corrected chi connectivity index (χ4v) is 1.96. The first-order valence-electron chi connectivity index (χ1n) is 6.87. The van der Waals surface area contributed by atoms with Gasteiger partial charge in [-0.15, -0.1) is 0 Å². The Morgan fingerprint density at radius 1 is 1.11 bits per heavy atom. The van der Waals surface area contributed by atoms with Crippen molar-refractivity contribution >= 4 is 5.69 Å². The summed E-state index contributed by atoms with van der Waals surface area (Å²) in [5, 5.41) is 8.99. The average Bonchev–Trinajstić information content (AvgIpc) is 2.39. The van der Waals surface area contributed by atoms with E-state index in [1.54, 1.807) is 12.1 Å². The topological polar surface area (TPSA) is 23.5 Å². The zero-order chi connectivity index (χ0) is 13.4. The molecule has 3 heteroatoms. The second kappa shape index (κ2) is 8.09. The van der Waals surface area contributed by atoms with Gasteiger partial charge in [-0.3, -0.25) is 0 Å². The zero-order valence-electron chi connectivity index (χ0n) is 11.5. The Kier molecular flexibility index (Phi) is 6.73. The van der Waals surface area contributed by atoms with Crippen molar-refractivity contribution in [3.05, 3.63) is 29.6 Å². The van der Waals surface area contributed by atoms with Crippen molar-refractivity contribution in [2.45, 2.75) is 46.1 Å². The van der Waals surface area contributed by atoms with Crippen LogP contribution in [0.2, 0.25) is 0 Å². The number of unbranched alkanes of at least 4 members (excludes halogenated alkanes) is 2. The number of hydrogen-bond acceptors (Lipinski definition) is 2. The molecular formula is C15H24FNO. The quantitative estimate of drug-likeness (QED) is 0.763. The molecule has 0 aliphatic heterocycles. The van der Waals surface area contributed by atoms with Gasteiger partial charge in [0, 0.05) is 13.1 Å². The van der Waals surface area contributed by atoms with E-state index in [4.69, 9.17) is 5.11 Å². The zero-order valence-corrected chi connectivity index (χ0v) is 11.5. The highest BCUT2D eigenvalue weighted by atomic mass is 19.1. The highest BCUT2D eigenvalue weighted by molar-refractivity contribution is 5.49. The lowest BCUT2D eigenvalue weighted by molar-refractivity contribution is 0.281. The SMILES string of the molecule is CCCCN(CCCC)c1ccc(CO)cc1F. The Morgan fingerprint density at radius 2 is 1.72 bits per heavy atom. The summed E-state index contributed by atoms with van der Waals surface area (Å²) in [4.78, 5) is 2.11. The maximum atomic E-state index is 14.0. The number of rotatable bonds is 8. The number of hydrogen-bond donors (Lipinski definition) is 1. The highest BCUT2D eigenvalue weighted by Gasteiger charge is 2.11. The van der Waals surface area contributed by atoms with Crippen LogP contribution in [0.1, 0.15) is 45.1 Å². The third-order valence-corrected chi connectivity index (χ3v) is 3.10. The minimum atomic E-state index is -0.228. The van der Waals surface area contributed by atoms with Gasteiger partial charge in [0.2, 0.25) is 0 Å². The van der Waals surface area contributed by atoms with Crippen LogP contribution in [0, 0.1) is 5.82 Å². The summed E-state index contributed by atoms with van der Waals surface area (Å²) < 4.78 is 14.0. The predicted octanol–water partition coefficient (Wildman–Crippen LogP) is 3.72. The van der Waals surface area contributed by atoms with Gasteiger partial charge >= 0.3 is 0 Å². The molecule has 0 fully saturated rings. The molecule has 1 aromatic carbocycles. The molecule has 2 nitrogen and oxygen atoms in total. The van der Waals surface area contributed by atoms with Crippen molar-refractivity contribution in [1.82, 2.24) is 0 Å². The molecule has 0 atom stereocenters. The smallest absolute Gasteiger partial charge is 0.146 e. The van der Waals surface area contributed by atoms with Crippen molar-refractivity contribution in [3.63, 3.8) is 0 Å². The largest absolute Gasteiger partial charge is 0.392 e. The monoisotopic (exact) mass is 253 g/mol. The van der Waals surface area contributed by atoms with Crippen LogP contribution in [0.5, 0.6) is 0 Å². The molecule has 0 bridgehead atoms. The molecule has 0 aromatic heterocycles. The Morgan fingerprint density at radius 3 is 2.17 bits per heavy atom. The number of aliphatic hydroxyl groups is 1. The standard InChI is InChI=1S/C15H24FNO/c1-3-5-9-17(10-6-4-2)15-8-7-13(12-18)11-14(15)16/h7-8,11,18H,3-6,9-10,12H2,1-2H3. The molecule has 0 spiro atoms. The van der Waals surface area contributed by atoms with Gasteiger partial charge in [-0.05, 0) is 30.5 Å². The number of aliphatic hydroxyl groups excluding tert-OH is 1. The summed E-state index contributed by atoms with van der Waals surface area (Å²) in [7, 11) is 0. The molecular weight excluding hydrogens is 229 g/mol. The van der Waals surface area contributed by atoms with Gasteiger partial charge < -0.3 is 10.0 Å². The first-order valence-corrected chi connectivity index (χ1v) is 6.87. The lowest BCUT2D eigenvalue weighted by Crippen LogP contribution is -2.26. The third-order valence-electron chi connectivity index (χ3n) is 3.10. The summed E-state index contributed by atoms with van der Waals surface area (Å²) in [6.45, 7) is 5.96. The normalized spacial score (nSPS) is 10.7. The van der Waals surface area contributed by atoms with Crippen molar-refractivity contribution in [2.24, 2.45) is 0 Å². The van der Waals surface area contributed by atoms with Gasteiger partial charge in [-0.1, -0.05) is 32.8 Å². The highest BCUT2D eigenvalue weighted by Crippen LogP contribution is 2.21. The molecule has 0 aliphatic carbocycles. The second-order valence-corrected chi connectivity index (χ2v) is 4.64. The van der Waals surface area contributed by atoms with E-state index in [9.17, 15) is 4.39 Å². The predicted molar refractivity (Wildman–Crippen MR) is 74.4 cm³/mol. The van der Waals surface area contributed by atoms with Crippen LogP contribution in [0.15, 0.2) is 18.2 Å². The maximum absolute atomic E-state index is 14.0. The summed E-state index contributed by atoms with van der Waals surface area (Å²) in [6, 6.07) is 5.01. The van der Waals surface area contributed by atoms with Crippen LogP contribution in [-0.4, -0.2) is 18.2 Å².